The number of anilines is 1. The molecule has 0 bridgehead atoms. The second kappa shape index (κ2) is 4.53. The molecule has 0 unspecified atom stereocenters. The van der Waals surface area contributed by atoms with Crippen molar-refractivity contribution in [2.45, 2.75) is 26.2 Å². The van der Waals surface area contributed by atoms with Gasteiger partial charge in [0.15, 0.2) is 0 Å². The number of nitrogens with two attached hydrogens (primary N) is 1. The van der Waals surface area contributed by atoms with Gasteiger partial charge in [-0.05, 0) is 12.1 Å². The standard InChI is InChI=1S/C14H17ClFN3/c1-14(2,3)13-10(7-19(4)18-13)9-5-8(16)6-11(15)12(9)17/h5-7H,17H2,1-4H3. The highest BCUT2D eigenvalue weighted by Gasteiger charge is 2.24. The quantitative estimate of drug-likeness (QED) is 0.809. The van der Waals surface area contributed by atoms with E-state index < -0.39 is 5.82 Å². The van der Waals surface area contributed by atoms with Gasteiger partial charge in [-0.2, -0.15) is 5.10 Å². The van der Waals surface area contributed by atoms with Gasteiger partial charge in [-0.15, -0.1) is 0 Å². The highest BCUT2D eigenvalue weighted by atomic mass is 35.5. The number of nitrogens with zero attached hydrogens (tertiary/aromatic N) is 2. The first-order valence-corrected chi connectivity index (χ1v) is 6.37. The molecule has 0 amide bonds. The van der Waals surface area contributed by atoms with Crippen LogP contribution in [-0.2, 0) is 12.5 Å². The lowest BCUT2D eigenvalue weighted by Crippen LogP contribution is -2.14. The van der Waals surface area contributed by atoms with E-state index in [2.05, 4.69) is 25.9 Å². The number of hydrogen-bond donors (Lipinski definition) is 1. The van der Waals surface area contributed by atoms with Crippen molar-refractivity contribution in [2.75, 3.05) is 5.73 Å². The van der Waals surface area contributed by atoms with Crippen molar-refractivity contribution in [1.82, 2.24) is 9.78 Å². The average Bonchev–Trinajstić information content (AvgIpc) is 2.65. The lowest BCUT2D eigenvalue weighted by molar-refractivity contribution is 0.554. The van der Waals surface area contributed by atoms with E-state index in [0.717, 1.165) is 11.3 Å². The highest BCUT2D eigenvalue weighted by molar-refractivity contribution is 6.33. The number of rotatable bonds is 1. The van der Waals surface area contributed by atoms with Gasteiger partial charge in [-0.25, -0.2) is 4.39 Å². The zero-order valence-electron chi connectivity index (χ0n) is 11.5. The molecule has 0 saturated heterocycles. The van der Waals surface area contributed by atoms with Gasteiger partial charge in [0, 0.05) is 29.8 Å². The fourth-order valence-corrected chi connectivity index (χ4v) is 2.25. The van der Waals surface area contributed by atoms with E-state index in [1.807, 2.05) is 13.2 Å². The third-order valence-electron chi connectivity index (χ3n) is 2.92. The first-order valence-electron chi connectivity index (χ1n) is 5.99. The van der Waals surface area contributed by atoms with Crippen molar-refractivity contribution in [2.24, 2.45) is 7.05 Å². The first kappa shape index (κ1) is 13.9. The topological polar surface area (TPSA) is 43.8 Å². The molecule has 2 N–H and O–H groups in total. The first-order chi connectivity index (χ1) is 8.70. The smallest absolute Gasteiger partial charge is 0.125 e. The largest absolute Gasteiger partial charge is 0.397 e. The van der Waals surface area contributed by atoms with Gasteiger partial charge in [0.05, 0.1) is 16.4 Å². The van der Waals surface area contributed by atoms with E-state index in [0.29, 0.717) is 11.3 Å². The Morgan fingerprint density at radius 2 is 1.89 bits per heavy atom. The second-order valence-corrected chi connectivity index (χ2v) is 6.07. The highest BCUT2D eigenvalue weighted by Crippen LogP contribution is 2.37. The van der Waals surface area contributed by atoms with Crippen molar-refractivity contribution < 1.29 is 4.39 Å². The van der Waals surface area contributed by atoms with Crippen molar-refractivity contribution in [3.8, 4) is 11.1 Å². The molecule has 0 atom stereocenters. The Morgan fingerprint density at radius 1 is 1.26 bits per heavy atom. The predicted molar refractivity (Wildman–Crippen MR) is 76.7 cm³/mol. The molecule has 19 heavy (non-hydrogen) atoms. The van der Waals surface area contributed by atoms with Crippen LogP contribution in [0.5, 0.6) is 0 Å². The summed E-state index contributed by atoms with van der Waals surface area (Å²) in [4.78, 5) is 0. The minimum atomic E-state index is -0.405. The normalized spacial score (nSPS) is 11.9. The Morgan fingerprint density at radius 3 is 2.47 bits per heavy atom. The van der Waals surface area contributed by atoms with E-state index in [9.17, 15) is 4.39 Å². The molecule has 0 aliphatic heterocycles. The molecule has 0 fully saturated rings. The van der Waals surface area contributed by atoms with E-state index in [1.54, 1.807) is 4.68 Å². The number of halogens is 2. The summed E-state index contributed by atoms with van der Waals surface area (Å²) in [5.41, 5.74) is 8.45. The third kappa shape index (κ3) is 2.59. The Labute approximate surface area is 117 Å². The van der Waals surface area contributed by atoms with Gasteiger partial charge in [-0.3, -0.25) is 4.68 Å². The molecule has 102 valence electrons. The van der Waals surface area contributed by atoms with E-state index in [1.165, 1.54) is 12.1 Å². The van der Waals surface area contributed by atoms with Crippen molar-refractivity contribution in [3.05, 3.63) is 34.9 Å². The lowest BCUT2D eigenvalue weighted by atomic mass is 9.87. The summed E-state index contributed by atoms with van der Waals surface area (Å²) in [6.45, 7) is 6.15. The van der Waals surface area contributed by atoms with Gasteiger partial charge in [0.1, 0.15) is 5.82 Å². The van der Waals surface area contributed by atoms with Gasteiger partial charge in [0.25, 0.3) is 0 Å². The van der Waals surface area contributed by atoms with Gasteiger partial charge < -0.3 is 5.73 Å². The van der Waals surface area contributed by atoms with Crippen LogP contribution in [0.25, 0.3) is 11.1 Å². The van der Waals surface area contributed by atoms with Crippen LogP contribution in [0.15, 0.2) is 18.3 Å². The average molecular weight is 282 g/mol. The fourth-order valence-electron chi connectivity index (χ4n) is 2.05. The van der Waals surface area contributed by atoms with Gasteiger partial charge in [-0.1, -0.05) is 32.4 Å². The maximum atomic E-state index is 13.6. The molecule has 5 heteroatoms. The van der Waals surface area contributed by atoms with Crippen molar-refractivity contribution in [1.29, 1.82) is 0 Å². The van der Waals surface area contributed by atoms with Crippen LogP contribution in [0, 0.1) is 5.82 Å². The lowest BCUT2D eigenvalue weighted by Gasteiger charge is -2.18. The molecule has 1 aromatic heterocycles. The summed E-state index contributed by atoms with van der Waals surface area (Å²) in [6, 6.07) is 2.61. The van der Waals surface area contributed by atoms with Crippen LogP contribution in [0.2, 0.25) is 5.02 Å². The summed E-state index contributed by atoms with van der Waals surface area (Å²) >= 11 is 5.95. The molecule has 3 nitrogen and oxygen atoms in total. The number of hydrogen-bond acceptors (Lipinski definition) is 2. The fraction of sp³-hybridized carbons (Fsp3) is 0.357. The summed E-state index contributed by atoms with van der Waals surface area (Å²) in [7, 11) is 1.83. The summed E-state index contributed by atoms with van der Waals surface area (Å²) < 4.78 is 15.3. The van der Waals surface area contributed by atoms with Crippen molar-refractivity contribution in [3.63, 3.8) is 0 Å². The maximum Gasteiger partial charge on any atom is 0.125 e. The molecule has 2 rings (SSSR count). The Kier molecular flexibility index (Phi) is 3.31. The minimum absolute atomic E-state index is 0.165. The maximum absolute atomic E-state index is 13.6. The third-order valence-corrected chi connectivity index (χ3v) is 3.24. The van der Waals surface area contributed by atoms with Crippen LogP contribution < -0.4 is 5.73 Å². The molecule has 1 heterocycles. The molecule has 0 aliphatic rings. The van der Waals surface area contributed by atoms with Gasteiger partial charge in [0.2, 0.25) is 0 Å². The molecule has 2 aromatic rings. The zero-order valence-corrected chi connectivity index (χ0v) is 12.2. The Hall–Kier alpha value is -1.55. The summed E-state index contributed by atoms with van der Waals surface area (Å²) in [5.74, 6) is -0.405. The molecule has 1 aromatic carbocycles. The Bertz CT molecular complexity index is 626. The zero-order chi connectivity index (χ0) is 14.4. The van der Waals surface area contributed by atoms with Crippen LogP contribution in [0.4, 0.5) is 10.1 Å². The minimum Gasteiger partial charge on any atom is -0.397 e. The van der Waals surface area contributed by atoms with Crippen LogP contribution in [0.1, 0.15) is 26.5 Å². The van der Waals surface area contributed by atoms with Gasteiger partial charge >= 0.3 is 0 Å². The molecular formula is C14H17ClFN3. The van der Waals surface area contributed by atoms with E-state index >= 15 is 0 Å². The van der Waals surface area contributed by atoms with E-state index in [-0.39, 0.29) is 10.4 Å². The number of nitrogen functional groups attached to an aromatic ring is 1. The number of benzene rings is 1. The molecular weight excluding hydrogens is 265 g/mol. The van der Waals surface area contributed by atoms with Crippen LogP contribution >= 0.6 is 11.6 Å². The number of aromatic nitrogens is 2. The molecule has 0 saturated carbocycles. The predicted octanol–water partition coefficient (Wildman–Crippen LogP) is 3.76. The second-order valence-electron chi connectivity index (χ2n) is 5.66. The van der Waals surface area contributed by atoms with Crippen molar-refractivity contribution >= 4 is 17.3 Å². The number of aryl methyl sites for hydroxylation is 1. The SMILES string of the molecule is Cn1cc(-c2cc(F)cc(Cl)c2N)c(C(C)(C)C)n1. The summed E-state index contributed by atoms with van der Waals surface area (Å²) in [6.07, 6.45) is 1.84. The van der Waals surface area contributed by atoms with Crippen LogP contribution in [0.3, 0.4) is 0 Å². The van der Waals surface area contributed by atoms with Crippen LogP contribution in [-0.4, -0.2) is 9.78 Å². The summed E-state index contributed by atoms with van der Waals surface area (Å²) in [5, 5.41) is 4.68. The molecule has 0 radical (unpaired) electrons. The Balaban J connectivity index is 2.73. The van der Waals surface area contributed by atoms with E-state index in [4.69, 9.17) is 17.3 Å². The molecule has 0 aliphatic carbocycles. The monoisotopic (exact) mass is 281 g/mol. The molecule has 0 spiro atoms.